The van der Waals surface area contributed by atoms with Gasteiger partial charge in [-0.05, 0) is 68.7 Å². The number of carbonyl (C=O) groups excluding carboxylic acids is 1. The van der Waals surface area contributed by atoms with Crippen molar-refractivity contribution in [2.75, 3.05) is 60.4 Å². The zero-order chi connectivity index (χ0) is 33.5. The van der Waals surface area contributed by atoms with Crippen LogP contribution in [0.4, 0.5) is 0 Å². The van der Waals surface area contributed by atoms with Gasteiger partial charge in [-0.2, -0.15) is 0 Å². The maximum atomic E-state index is 12.7. The van der Waals surface area contributed by atoms with Crippen LogP contribution in [0, 0.1) is 37.3 Å². The van der Waals surface area contributed by atoms with E-state index in [1.807, 2.05) is 45.9 Å². The third kappa shape index (κ3) is 10.3. The number of carbonyl (C=O) groups is 2. The Labute approximate surface area is 272 Å². The second-order valence-corrected chi connectivity index (χ2v) is 10.6. The standard InChI is InChI=1S/C35H42BN3O7/c1-25-23-27(3)38-33(25)32(29-9-11-30(12-10-29)35(42)37-16-13-31(40)41)34-26(2)24-28(4)39(34)36(14-7-17-45-21-19-43-5)15-8-18-46-22-20-44-6/h9-12,23-24H,13,16-22H2,1-6H3,(H,37,42)(H,40,41)/b33-32-. The van der Waals surface area contributed by atoms with E-state index in [0.29, 0.717) is 32.0 Å². The number of aliphatic carboxylic acids is 1. The zero-order valence-corrected chi connectivity index (χ0v) is 27.5. The molecule has 1 aromatic carbocycles. The molecule has 0 fully saturated rings. The van der Waals surface area contributed by atoms with Crippen molar-refractivity contribution < 1.29 is 33.6 Å². The van der Waals surface area contributed by atoms with Crippen molar-refractivity contribution in [1.29, 1.82) is 0 Å². The van der Waals surface area contributed by atoms with E-state index in [-0.39, 0.29) is 32.1 Å². The monoisotopic (exact) mass is 627 g/mol. The van der Waals surface area contributed by atoms with Gasteiger partial charge in [0.25, 0.3) is 5.91 Å². The molecule has 46 heavy (non-hydrogen) atoms. The van der Waals surface area contributed by atoms with Crippen LogP contribution in [0.5, 0.6) is 0 Å². The second kappa shape index (κ2) is 18.6. The lowest BCUT2D eigenvalue weighted by atomic mass is 9.63. The number of nitrogens with zero attached hydrogens (tertiary/aromatic N) is 2. The second-order valence-electron chi connectivity index (χ2n) is 10.6. The molecule has 0 unspecified atom stereocenters. The van der Waals surface area contributed by atoms with Crippen molar-refractivity contribution in [3.63, 3.8) is 0 Å². The molecule has 11 heteroatoms. The number of benzene rings is 1. The summed E-state index contributed by atoms with van der Waals surface area (Å²) in [5, 5.41) is 11.6. The van der Waals surface area contributed by atoms with Crippen molar-refractivity contribution in [3.8, 4) is 23.5 Å². The summed E-state index contributed by atoms with van der Waals surface area (Å²) < 4.78 is 23.4. The molecule has 0 radical (unpaired) electrons. The topological polar surface area (TPSA) is 121 Å². The lowest BCUT2D eigenvalue weighted by molar-refractivity contribution is -0.136. The van der Waals surface area contributed by atoms with E-state index in [1.165, 1.54) is 0 Å². The number of aryl methyl sites for hydroxylation is 2. The molecular weight excluding hydrogens is 585 g/mol. The average Bonchev–Trinajstić information content (AvgIpc) is 3.51. The SMILES string of the molecule is COCCOCC#CB(C#CCOCCOC)n1c(C)cc(C)c1/C(=C1\N=C(C)C=C1C)c1ccc(C(=O)NCCC(=O)O)cc1. The number of aromatic nitrogens is 1. The van der Waals surface area contributed by atoms with Crippen LogP contribution in [0.15, 0.2) is 52.7 Å². The van der Waals surface area contributed by atoms with Crippen LogP contribution < -0.4 is 5.32 Å². The molecule has 10 nitrogen and oxygen atoms in total. The predicted molar refractivity (Wildman–Crippen MR) is 180 cm³/mol. The van der Waals surface area contributed by atoms with Crippen LogP contribution in [0.1, 0.15) is 53.1 Å². The van der Waals surface area contributed by atoms with E-state index in [2.05, 4.69) is 39.3 Å². The summed E-state index contributed by atoms with van der Waals surface area (Å²) >= 11 is 0. The van der Waals surface area contributed by atoms with Gasteiger partial charge in [-0.25, -0.2) is 0 Å². The Morgan fingerprint density at radius 1 is 0.913 bits per heavy atom. The van der Waals surface area contributed by atoms with Crippen LogP contribution in [0.25, 0.3) is 5.57 Å². The molecule has 0 aliphatic carbocycles. The van der Waals surface area contributed by atoms with Crippen LogP contribution >= 0.6 is 0 Å². The highest BCUT2D eigenvalue weighted by Crippen LogP contribution is 2.37. The van der Waals surface area contributed by atoms with Gasteiger partial charge in [-0.15, -0.1) is 11.6 Å². The normalized spacial score (nSPS) is 13.2. The highest BCUT2D eigenvalue weighted by atomic mass is 16.5. The van der Waals surface area contributed by atoms with Crippen LogP contribution in [-0.4, -0.2) is 94.4 Å². The van der Waals surface area contributed by atoms with Crippen molar-refractivity contribution in [3.05, 3.63) is 75.8 Å². The summed E-state index contributed by atoms with van der Waals surface area (Å²) in [4.78, 5) is 28.5. The fourth-order valence-corrected chi connectivity index (χ4v) is 4.93. The Kier molecular flexibility index (Phi) is 14.6. The molecule has 3 rings (SSSR count). The number of hydrogen-bond donors (Lipinski definition) is 2. The van der Waals surface area contributed by atoms with Crippen LogP contribution in [-0.2, 0) is 23.7 Å². The molecule has 242 valence electrons. The highest BCUT2D eigenvalue weighted by Gasteiger charge is 2.27. The van der Waals surface area contributed by atoms with Gasteiger partial charge in [0.2, 0.25) is 0 Å². The molecule has 0 spiro atoms. The van der Waals surface area contributed by atoms with E-state index in [9.17, 15) is 9.59 Å². The lowest BCUT2D eigenvalue weighted by Gasteiger charge is -2.19. The van der Waals surface area contributed by atoms with Gasteiger partial charge >= 0.3 is 12.8 Å². The molecule has 2 heterocycles. The van der Waals surface area contributed by atoms with Gasteiger partial charge in [-0.3, -0.25) is 14.6 Å². The smallest absolute Gasteiger partial charge is 0.433 e. The number of hydrogen-bond acceptors (Lipinski definition) is 7. The average molecular weight is 628 g/mol. The van der Waals surface area contributed by atoms with Crippen LogP contribution in [0.3, 0.4) is 0 Å². The number of allylic oxidation sites excluding steroid dienone is 2. The molecule has 1 aliphatic rings. The Morgan fingerprint density at radius 2 is 1.50 bits per heavy atom. The molecule has 0 bridgehead atoms. The third-order valence-electron chi connectivity index (χ3n) is 6.99. The Hall–Kier alpha value is -4.39. The van der Waals surface area contributed by atoms with Crippen molar-refractivity contribution in [1.82, 2.24) is 9.79 Å². The summed E-state index contributed by atoms with van der Waals surface area (Å²) in [6.07, 6.45) is 1.89. The number of amides is 1. The molecule has 0 saturated carbocycles. The van der Waals surface area contributed by atoms with Crippen LogP contribution in [0.2, 0.25) is 0 Å². The summed E-state index contributed by atoms with van der Waals surface area (Å²) in [6.45, 7) is 9.90. The maximum Gasteiger partial charge on any atom is 0.433 e. The first-order valence-corrected chi connectivity index (χ1v) is 15.1. The van der Waals surface area contributed by atoms with Gasteiger partial charge in [0.1, 0.15) is 13.2 Å². The van der Waals surface area contributed by atoms with E-state index < -0.39 is 12.8 Å². The summed E-state index contributed by atoms with van der Waals surface area (Å²) in [5.74, 6) is 11.6. The minimum Gasteiger partial charge on any atom is -0.481 e. The first-order chi connectivity index (χ1) is 22.2. The molecule has 0 atom stereocenters. The first kappa shape index (κ1) is 36.1. The molecular formula is C35H42BN3O7. The van der Waals surface area contributed by atoms with Gasteiger partial charge in [-0.1, -0.05) is 24.0 Å². The Balaban J connectivity index is 2.11. The fraction of sp³-hybridized carbons (Fsp3) is 0.400. The number of methoxy groups -OCH3 is 2. The Bertz CT molecular complexity index is 1570. The minimum atomic E-state index is -0.971. The molecule has 1 aromatic heterocycles. The van der Waals surface area contributed by atoms with Gasteiger partial charge in [0, 0.05) is 49.0 Å². The first-order valence-electron chi connectivity index (χ1n) is 15.1. The number of nitrogens with one attached hydrogen (secondary N) is 1. The number of ether oxygens (including phenoxy) is 4. The molecule has 1 aliphatic heterocycles. The van der Waals surface area contributed by atoms with E-state index >= 15 is 0 Å². The zero-order valence-electron chi connectivity index (χ0n) is 27.5. The Morgan fingerprint density at radius 3 is 2.02 bits per heavy atom. The van der Waals surface area contributed by atoms with Gasteiger partial charge in [0.05, 0.1) is 38.5 Å². The summed E-state index contributed by atoms with van der Waals surface area (Å²) in [6, 6.07) is 9.34. The van der Waals surface area contributed by atoms with Crippen molar-refractivity contribution in [2.24, 2.45) is 4.99 Å². The molecule has 0 saturated heterocycles. The molecule has 1 amide bonds. The van der Waals surface area contributed by atoms with E-state index in [4.69, 9.17) is 29.0 Å². The van der Waals surface area contributed by atoms with E-state index in [1.54, 1.807) is 26.4 Å². The number of carboxylic acids is 1. The van der Waals surface area contributed by atoms with Crippen molar-refractivity contribution in [2.45, 2.75) is 34.1 Å². The lowest BCUT2D eigenvalue weighted by Crippen LogP contribution is -2.26. The number of carboxylic acid groups (broad SMARTS) is 1. The predicted octanol–water partition coefficient (Wildman–Crippen LogP) is 3.74. The molecule has 2 N–H and O–H groups in total. The highest BCUT2D eigenvalue weighted by molar-refractivity contribution is 6.74. The fourth-order valence-electron chi connectivity index (χ4n) is 4.93. The molecule has 2 aromatic rings. The van der Waals surface area contributed by atoms with E-state index in [0.717, 1.165) is 45.1 Å². The number of aliphatic imine (C=N–C) groups is 1. The number of rotatable bonds is 15. The summed E-state index contributed by atoms with van der Waals surface area (Å²) in [7, 11) is 3.25. The third-order valence-corrected chi connectivity index (χ3v) is 6.99. The minimum absolute atomic E-state index is 0.0491. The van der Waals surface area contributed by atoms with Gasteiger partial charge in [0.15, 0.2) is 0 Å². The van der Waals surface area contributed by atoms with Crippen molar-refractivity contribution >= 4 is 30.0 Å². The van der Waals surface area contributed by atoms with Gasteiger partial charge < -0.3 is 33.8 Å². The maximum absolute atomic E-state index is 12.7. The quantitative estimate of drug-likeness (QED) is 0.175. The summed E-state index contributed by atoms with van der Waals surface area (Å²) in [5.41, 5.74) is 7.79. The largest absolute Gasteiger partial charge is 0.481 e.